The number of morpholine rings is 1. The lowest BCUT2D eigenvalue weighted by molar-refractivity contribution is -0.0484. The predicted molar refractivity (Wildman–Crippen MR) is 123 cm³/mol. The van der Waals surface area contributed by atoms with E-state index in [0.29, 0.717) is 36.9 Å². The number of ether oxygens (including phenoxy) is 1. The van der Waals surface area contributed by atoms with Crippen molar-refractivity contribution in [2.75, 3.05) is 13.1 Å². The molecule has 3 aromatic rings. The zero-order chi connectivity index (χ0) is 22.7. The quantitative estimate of drug-likeness (QED) is 0.469. The molecule has 1 aromatic heterocycles. The zero-order valence-electron chi connectivity index (χ0n) is 18.7. The highest BCUT2D eigenvalue weighted by Gasteiger charge is 2.23. The highest BCUT2D eigenvalue weighted by Crippen LogP contribution is 2.29. The second-order valence-electron chi connectivity index (χ2n) is 8.38. The molecule has 0 amide bonds. The van der Waals surface area contributed by atoms with Crippen LogP contribution in [0.25, 0.3) is 11.1 Å². The Labute approximate surface area is 187 Å². The van der Waals surface area contributed by atoms with E-state index in [-0.39, 0.29) is 23.9 Å². The van der Waals surface area contributed by atoms with Crippen LogP contribution in [-0.4, -0.2) is 41.3 Å². The normalized spacial score (nSPS) is 20.4. The molecule has 2 N–H and O–H groups in total. The summed E-state index contributed by atoms with van der Waals surface area (Å²) in [5.74, 6) is 0.715. The first-order valence-corrected chi connectivity index (χ1v) is 10.9. The lowest BCUT2D eigenvalue weighted by Crippen LogP contribution is -2.50. The van der Waals surface area contributed by atoms with Crippen LogP contribution in [0.4, 0.5) is 4.39 Å². The molecule has 0 spiro atoms. The lowest BCUT2D eigenvalue weighted by Gasteiger charge is -2.35. The highest BCUT2D eigenvalue weighted by molar-refractivity contribution is 5.78. The summed E-state index contributed by atoms with van der Waals surface area (Å²) in [6.07, 6.45) is 0.220. The van der Waals surface area contributed by atoms with Gasteiger partial charge in [0.2, 0.25) is 0 Å². The fourth-order valence-electron chi connectivity index (χ4n) is 4.05. The van der Waals surface area contributed by atoms with Crippen molar-refractivity contribution >= 4 is 5.96 Å². The molecule has 2 aromatic carbocycles. The van der Waals surface area contributed by atoms with Crippen LogP contribution in [0.15, 0.2) is 64.1 Å². The van der Waals surface area contributed by atoms with E-state index in [9.17, 15) is 4.39 Å². The van der Waals surface area contributed by atoms with Crippen molar-refractivity contribution in [3.05, 3.63) is 77.4 Å². The van der Waals surface area contributed by atoms with Gasteiger partial charge in [0.25, 0.3) is 0 Å². The van der Waals surface area contributed by atoms with Gasteiger partial charge in [-0.2, -0.15) is 0 Å². The summed E-state index contributed by atoms with van der Waals surface area (Å²) < 4.78 is 26.0. The molecule has 0 aliphatic carbocycles. The molecule has 168 valence electrons. The topological polar surface area (TPSA) is 76.9 Å². The van der Waals surface area contributed by atoms with Crippen molar-refractivity contribution in [2.24, 2.45) is 10.7 Å². The van der Waals surface area contributed by atoms with Crippen LogP contribution in [0.1, 0.15) is 43.7 Å². The number of hydrogen-bond donors (Lipinski definition) is 1. The number of nitrogens with zero attached hydrogens (tertiary/aromatic N) is 3. The van der Waals surface area contributed by atoms with E-state index >= 15 is 0 Å². The Balaban J connectivity index is 1.43. The van der Waals surface area contributed by atoms with Crippen LogP contribution in [0.5, 0.6) is 0 Å². The van der Waals surface area contributed by atoms with Crippen LogP contribution in [0, 0.1) is 5.82 Å². The number of benzene rings is 2. The molecule has 32 heavy (non-hydrogen) atoms. The van der Waals surface area contributed by atoms with E-state index in [1.165, 1.54) is 0 Å². The van der Waals surface area contributed by atoms with Gasteiger partial charge in [-0.15, -0.1) is 0 Å². The fraction of sp³-hybridized carbons (Fsp3) is 0.360. The first kappa shape index (κ1) is 22.0. The van der Waals surface area contributed by atoms with Crippen molar-refractivity contribution in [1.29, 1.82) is 0 Å². The fourth-order valence-corrected chi connectivity index (χ4v) is 4.05. The van der Waals surface area contributed by atoms with Crippen LogP contribution < -0.4 is 5.73 Å². The first-order valence-electron chi connectivity index (χ1n) is 10.9. The van der Waals surface area contributed by atoms with Gasteiger partial charge in [0.15, 0.2) is 11.7 Å². The van der Waals surface area contributed by atoms with Gasteiger partial charge in [0.1, 0.15) is 12.4 Å². The number of rotatable bonds is 5. The first-order chi connectivity index (χ1) is 15.4. The second kappa shape index (κ2) is 9.53. The minimum absolute atomic E-state index is 0.110. The van der Waals surface area contributed by atoms with E-state index in [0.717, 1.165) is 16.8 Å². The van der Waals surface area contributed by atoms with Crippen molar-refractivity contribution in [3.63, 3.8) is 0 Å². The summed E-state index contributed by atoms with van der Waals surface area (Å²) in [6, 6.07) is 16.7. The Morgan fingerprint density at radius 3 is 2.56 bits per heavy atom. The third-order valence-corrected chi connectivity index (χ3v) is 5.74. The monoisotopic (exact) mass is 436 g/mol. The molecule has 1 aliphatic rings. The molecule has 2 heterocycles. The van der Waals surface area contributed by atoms with Crippen molar-refractivity contribution in [2.45, 2.75) is 45.4 Å². The van der Waals surface area contributed by atoms with Gasteiger partial charge in [0.05, 0.1) is 17.9 Å². The lowest BCUT2D eigenvalue weighted by atomic mass is 9.94. The molecule has 4 rings (SSSR count). The van der Waals surface area contributed by atoms with Crippen molar-refractivity contribution < 1.29 is 13.7 Å². The number of hydrogen-bond acceptors (Lipinski definition) is 4. The average Bonchev–Trinajstić information content (AvgIpc) is 3.26. The average molecular weight is 437 g/mol. The molecular weight excluding hydrogens is 407 g/mol. The number of nitrogens with two attached hydrogens (primary N) is 1. The van der Waals surface area contributed by atoms with E-state index in [1.54, 1.807) is 6.07 Å². The maximum Gasteiger partial charge on any atom is 0.191 e. The summed E-state index contributed by atoms with van der Waals surface area (Å²) in [7, 11) is 0. The Hall–Kier alpha value is -3.19. The maximum absolute atomic E-state index is 14.8. The molecule has 7 heteroatoms. The maximum atomic E-state index is 14.8. The predicted octanol–water partition coefficient (Wildman–Crippen LogP) is 4.56. The Bertz CT molecular complexity index is 1070. The minimum Gasteiger partial charge on any atom is -0.372 e. The molecule has 3 unspecified atom stereocenters. The van der Waals surface area contributed by atoms with Crippen LogP contribution in [0.2, 0.25) is 0 Å². The summed E-state index contributed by atoms with van der Waals surface area (Å²) in [5.41, 5.74) is 9.18. The molecule has 0 radical (unpaired) electrons. The van der Waals surface area contributed by atoms with Gasteiger partial charge < -0.3 is 19.9 Å². The van der Waals surface area contributed by atoms with Gasteiger partial charge >= 0.3 is 0 Å². The molecule has 1 saturated heterocycles. The highest BCUT2D eigenvalue weighted by atomic mass is 19.1. The van der Waals surface area contributed by atoms with Gasteiger partial charge in [-0.3, -0.25) is 0 Å². The van der Waals surface area contributed by atoms with Gasteiger partial charge in [-0.1, -0.05) is 54.5 Å². The van der Waals surface area contributed by atoms with Crippen molar-refractivity contribution in [1.82, 2.24) is 10.1 Å². The molecule has 0 bridgehead atoms. The summed E-state index contributed by atoms with van der Waals surface area (Å²) >= 11 is 0. The molecule has 1 fully saturated rings. The number of halogens is 1. The third-order valence-electron chi connectivity index (χ3n) is 5.74. The van der Waals surface area contributed by atoms with Crippen LogP contribution in [-0.2, 0) is 11.3 Å². The van der Waals surface area contributed by atoms with E-state index < -0.39 is 0 Å². The van der Waals surface area contributed by atoms with E-state index in [1.807, 2.05) is 74.2 Å². The molecular formula is C25H29FN4O2. The second-order valence-corrected chi connectivity index (χ2v) is 8.38. The smallest absolute Gasteiger partial charge is 0.191 e. The summed E-state index contributed by atoms with van der Waals surface area (Å²) in [6.45, 7) is 7.75. The SMILES string of the molecule is CC1CN(C(N)=NCc2cc(C(C)c3ccc(-c4ccccc4)c(F)c3)no2)CC(C)O1. The Morgan fingerprint density at radius 2 is 1.88 bits per heavy atom. The van der Waals surface area contributed by atoms with Gasteiger partial charge in [0, 0.05) is 30.6 Å². The van der Waals surface area contributed by atoms with Gasteiger partial charge in [-0.05, 0) is 31.0 Å². The molecule has 6 nitrogen and oxygen atoms in total. The number of aromatic nitrogens is 1. The number of guanidine groups is 1. The standard InChI is InChI=1S/C25H29FN4O2/c1-16-14-30(15-17(2)31-16)25(27)28-13-21-12-24(29-32-21)18(3)20-9-10-22(23(26)11-20)19-7-5-4-6-8-19/h4-12,16-18H,13-15H2,1-3H3,(H2,27,28). The minimum atomic E-state index is -0.254. The number of aliphatic imine (C=N–C) groups is 1. The third kappa shape index (κ3) is 4.99. The Kier molecular flexibility index (Phi) is 6.55. The summed E-state index contributed by atoms with van der Waals surface area (Å²) in [5, 5.41) is 4.18. The molecule has 1 aliphatic heterocycles. The Morgan fingerprint density at radius 1 is 1.16 bits per heavy atom. The largest absolute Gasteiger partial charge is 0.372 e. The van der Waals surface area contributed by atoms with Gasteiger partial charge in [-0.25, -0.2) is 9.38 Å². The summed E-state index contributed by atoms with van der Waals surface area (Å²) in [4.78, 5) is 6.49. The van der Waals surface area contributed by atoms with Crippen LogP contribution in [0.3, 0.4) is 0 Å². The molecule has 0 saturated carbocycles. The van der Waals surface area contributed by atoms with E-state index in [4.69, 9.17) is 15.0 Å². The zero-order valence-corrected chi connectivity index (χ0v) is 18.7. The van der Waals surface area contributed by atoms with Crippen molar-refractivity contribution in [3.8, 4) is 11.1 Å². The van der Waals surface area contributed by atoms with Crippen LogP contribution >= 0.6 is 0 Å². The van der Waals surface area contributed by atoms with E-state index in [2.05, 4.69) is 10.1 Å². The molecule has 3 atom stereocenters.